The van der Waals surface area contributed by atoms with E-state index in [2.05, 4.69) is 17.6 Å². The minimum atomic E-state index is -0.476. The molecule has 0 radical (unpaired) electrons. The van der Waals surface area contributed by atoms with Crippen molar-refractivity contribution >= 4 is 29.2 Å². The number of nitro benzene ring substituents is 1. The molecule has 0 fully saturated rings. The predicted octanol–water partition coefficient (Wildman–Crippen LogP) is 3.39. The third-order valence-electron chi connectivity index (χ3n) is 3.25. The van der Waals surface area contributed by atoms with Crippen molar-refractivity contribution in [3.05, 3.63) is 68.9 Å². The first kappa shape index (κ1) is 13.4. The Balaban J connectivity index is 2.39. The zero-order chi connectivity index (χ0) is 15.0. The molecule has 0 atom stereocenters. The van der Waals surface area contributed by atoms with Gasteiger partial charge in [-0.15, -0.1) is 12.6 Å². The van der Waals surface area contributed by atoms with Crippen LogP contribution in [0.2, 0.25) is 0 Å². The van der Waals surface area contributed by atoms with Gasteiger partial charge in [0.1, 0.15) is 0 Å². The van der Waals surface area contributed by atoms with Crippen LogP contribution >= 0.6 is 12.6 Å². The topological polar surface area (TPSA) is 76.0 Å². The van der Waals surface area contributed by atoms with Gasteiger partial charge in [0.05, 0.1) is 21.1 Å². The Labute approximate surface area is 124 Å². The van der Waals surface area contributed by atoms with E-state index in [0.29, 0.717) is 22.2 Å². The molecule has 2 aromatic carbocycles. The Morgan fingerprint density at radius 3 is 2.48 bits per heavy atom. The number of H-pyrrole nitrogens is 1. The summed E-state index contributed by atoms with van der Waals surface area (Å²) in [4.78, 5) is 26.2. The van der Waals surface area contributed by atoms with Gasteiger partial charge in [-0.2, -0.15) is 0 Å². The number of hydrogen-bond donors (Lipinski definition) is 2. The number of nitro groups is 1. The number of pyridine rings is 1. The predicted molar refractivity (Wildman–Crippen MR) is 83.9 cm³/mol. The van der Waals surface area contributed by atoms with E-state index in [1.54, 1.807) is 42.5 Å². The molecule has 0 saturated carbocycles. The Bertz CT molecular complexity index is 918. The van der Waals surface area contributed by atoms with Crippen LogP contribution in [0, 0.1) is 10.1 Å². The summed E-state index contributed by atoms with van der Waals surface area (Å²) < 4.78 is 0. The van der Waals surface area contributed by atoms with Crippen LogP contribution in [-0.4, -0.2) is 9.91 Å². The van der Waals surface area contributed by atoms with Crippen molar-refractivity contribution in [2.24, 2.45) is 0 Å². The summed E-state index contributed by atoms with van der Waals surface area (Å²) in [7, 11) is 0. The van der Waals surface area contributed by atoms with Crippen LogP contribution in [0.1, 0.15) is 0 Å². The summed E-state index contributed by atoms with van der Waals surface area (Å²) in [5.74, 6) is 0. The van der Waals surface area contributed by atoms with Crippen molar-refractivity contribution in [2.75, 3.05) is 0 Å². The van der Waals surface area contributed by atoms with Gasteiger partial charge in [-0.25, -0.2) is 0 Å². The average Bonchev–Trinajstić information content (AvgIpc) is 2.51. The van der Waals surface area contributed by atoms with Gasteiger partial charge in [0.2, 0.25) is 5.43 Å². The second-order valence-electron chi connectivity index (χ2n) is 4.50. The van der Waals surface area contributed by atoms with Gasteiger partial charge in [-0.1, -0.05) is 24.3 Å². The largest absolute Gasteiger partial charge is 0.353 e. The Kier molecular flexibility index (Phi) is 3.23. The van der Waals surface area contributed by atoms with E-state index in [1.807, 2.05) is 0 Å². The number of thiol groups is 1. The molecule has 1 aromatic heterocycles. The summed E-state index contributed by atoms with van der Waals surface area (Å²) >= 11 is 4.25. The number of nitrogens with zero attached hydrogens (tertiary/aromatic N) is 1. The lowest BCUT2D eigenvalue weighted by Gasteiger charge is -2.08. The van der Waals surface area contributed by atoms with Crippen LogP contribution in [0.3, 0.4) is 0 Å². The quantitative estimate of drug-likeness (QED) is 0.432. The number of fused-ring (bicyclic) bond motifs is 1. The highest BCUT2D eigenvalue weighted by atomic mass is 32.1. The molecule has 6 heteroatoms. The molecule has 104 valence electrons. The third kappa shape index (κ3) is 2.19. The van der Waals surface area contributed by atoms with Gasteiger partial charge in [-0.05, 0) is 18.2 Å². The van der Waals surface area contributed by atoms with Crippen LogP contribution in [0.5, 0.6) is 0 Å². The average molecular weight is 298 g/mol. The van der Waals surface area contributed by atoms with Crippen molar-refractivity contribution in [3.63, 3.8) is 0 Å². The number of aromatic nitrogens is 1. The summed E-state index contributed by atoms with van der Waals surface area (Å²) in [6.45, 7) is 0. The Morgan fingerprint density at radius 1 is 1.05 bits per heavy atom. The fourth-order valence-corrected chi connectivity index (χ4v) is 2.56. The molecule has 0 aliphatic rings. The number of para-hydroxylation sites is 2. The molecule has 1 N–H and O–H groups in total. The molecule has 5 nitrogen and oxygen atoms in total. The third-order valence-corrected chi connectivity index (χ3v) is 3.68. The van der Waals surface area contributed by atoms with Crippen LogP contribution < -0.4 is 5.43 Å². The molecular weight excluding hydrogens is 288 g/mol. The first-order valence-electron chi connectivity index (χ1n) is 6.17. The van der Waals surface area contributed by atoms with Crippen molar-refractivity contribution in [1.82, 2.24) is 4.98 Å². The number of aromatic amines is 1. The molecule has 0 bridgehead atoms. The molecule has 0 amide bonds. The maximum absolute atomic E-state index is 12.3. The molecule has 0 aliphatic heterocycles. The normalized spacial score (nSPS) is 10.7. The summed E-state index contributed by atoms with van der Waals surface area (Å²) in [5.41, 5.74) is 0.998. The van der Waals surface area contributed by atoms with Crippen LogP contribution in [-0.2, 0) is 0 Å². The second-order valence-corrected chi connectivity index (χ2v) is 4.94. The van der Waals surface area contributed by atoms with Crippen LogP contribution in [0.15, 0.2) is 58.2 Å². The number of benzene rings is 2. The zero-order valence-corrected chi connectivity index (χ0v) is 11.6. The monoisotopic (exact) mass is 298 g/mol. The number of nitrogens with one attached hydrogen (secondary N) is 1. The highest BCUT2D eigenvalue weighted by molar-refractivity contribution is 7.80. The van der Waals surface area contributed by atoms with Gasteiger partial charge >= 0.3 is 0 Å². The minimum absolute atomic E-state index is 0.0706. The molecule has 0 spiro atoms. The van der Waals surface area contributed by atoms with E-state index < -0.39 is 4.92 Å². The SMILES string of the molecule is O=c1c(S)c(-c2ccccc2[N+](=O)[O-])[nH]c2ccccc12. The maximum Gasteiger partial charge on any atom is 0.278 e. The molecule has 0 aliphatic carbocycles. The van der Waals surface area contributed by atoms with E-state index in [0.717, 1.165) is 0 Å². The fraction of sp³-hybridized carbons (Fsp3) is 0. The van der Waals surface area contributed by atoms with E-state index in [9.17, 15) is 14.9 Å². The lowest BCUT2D eigenvalue weighted by molar-refractivity contribution is -0.384. The van der Waals surface area contributed by atoms with Gasteiger partial charge in [0, 0.05) is 17.0 Å². The Morgan fingerprint density at radius 2 is 1.71 bits per heavy atom. The molecule has 3 rings (SSSR count). The van der Waals surface area contributed by atoms with Gasteiger partial charge in [0.25, 0.3) is 5.69 Å². The highest BCUT2D eigenvalue weighted by Crippen LogP contribution is 2.31. The number of hydrogen-bond acceptors (Lipinski definition) is 4. The van der Waals surface area contributed by atoms with E-state index in [-0.39, 0.29) is 16.0 Å². The number of rotatable bonds is 2. The van der Waals surface area contributed by atoms with E-state index >= 15 is 0 Å². The first-order chi connectivity index (χ1) is 10.1. The molecule has 21 heavy (non-hydrogen) atoms. The summed E-state index contributed by atoms with van der Waals surface area (Å²) in [5, 5.41) is 11.6. The highest BCUT2D eigenvalue weighted by Gasteiger charge is 2.19. The van der Waals surface area contributed by atoms with Crippen molar-refractivity contribution in [2.45, 2.75) is 4.90 Å². The van der Waals surface area contributed by atoms with Gasteiger partial charge in [-0.3, -0.25) is 14.9 Å². The fourth-order valence-electron chi connectivity index (χ4n) is 2.26. The van der Waals surface area contributed by atoms with Crippen molar-refractivity contribution < 1.29 is 4.92 Å². The lowest BCUT2D eigenvalue weighted by atomic mass is 10.1. The zero-order valence-electron chi connectivity index (χ0n) is 10.7. The minimum Gasteiger partial charge on any atom is -0.353 e. The van der Waals surface area contributed by atoms with Gasteiger partial charge in [0.15, 0.2) is 0 Å². The smallest absolute Gasteiger partial charge is 0.278 e. The first-order valence-corrected chi connectivity index (χ1v) is 6.62. The Hall–Kier alpha value is -2.60. The molecule has 3 aromatic rings. The van der Waals surface area contributed by atoms with Crippen LogP contribution in [0.25, 0.3) is 22.2 Å². The molecule has 1 heterocycles. The van der Waals surface area contributed by atoms with Gasteiger partial charge < -0.3 is 4.98 Å². The molecular formula is C15H10N2O3S. The second kappa shape index (κ2) is 5.06. The molecule has 0 unspecified atom stereocenters. The lowest BCUT2D eigenvalue weighted by Crippen LogP contribution is -2.07. The molecule has 0 saturated heterocycles. The maximum atomic E-state index is 12.3. The standard InChI is InChI=1S/C15H10N2O3S/c18-14-9-5-1-3-7-11(9)16-13(15(14)21)10-6-2-4-8-12(10)17(19)20/h1-8,21H,(H,16,18). The van der Waals surface area contributed by atoms with Crippen molar-refractivity contribution in [3.8, 4) is 11.3 Å². The van der Waals surface area contributed by atoms with Crippen LogP contribution in [0.4, 0.5) is 5.69 Å². The van der Waals surface area contributed by atoms with Crippen molar-refractivity contribution in [1.29, 1.82) is 0 Å². The summed E-state index contributed by atoms with van der Waals surface area (Å²) in [6, 6.07) is 13.3. The summed E-state index contributed by atoms with van der Waals surface area (Å²) in [6.07, 6.45) is 0. The van der Waals surface area contributed by atoms with E-state index in [4.69, 9.17) is 0 Å². The van der Waals surface area contributed by atoms with E-state index in [1.165, 1.54) is 6.07 Å².